The summed E-state index contributed by atoms with van der Waals surface area (Å²) in [5, 5.41) is 0. The Bertz CT molecular complexity index is 247. The van der Waals surface area contributed by atoms with Crippen molar-refractivity contribution in [1.82, 2.24) is 4.90 Å². The molecule has 0 radical (unpaired) electrons. The van der Waals surface area contributed by atoms with Crippen LogP contribution in [0.2, 0.25) is 0 Å². The van der Waals surface area contributed by atoms with Crippen LogP contribution in [0.1, 0.15) is 65.7 Å². The summed E-state index contributed by atoms with van der Waals surface area (Å²) in [6.45, 7) is 7.35. The van der Waals surface area contributed by atoms with Crippen LogP contribution in [-0.2, 0) is 4.79 Å². The molecule has 0 spiro atoms. The van der Waals surface area contributed by atoms with Gasteiger partial charge in [-0.2, -0.15) is 0 Å². The first-order valence-electron chi connectivity index (χ1n) is 7.62. The van der Waals surface area contributed by atoms with Crippen LogP contribution in [0.5, 0.6) is 0 Å². The van der Waals surface area contributed by atoms with E-state index in [1.54, 1.807) is 0 Å². The summed E-state index contributed by atoms with van der Waals surface area (Å²) < 4.78 is 0. The minimum Gasteiger partial charge on any atom is -0.338 e. The molecule has 3 nitrogen and oxygen atoms in total. The molecule has 106 valence electrons. The van der Waals surface area contributed by atoms with Crippen molar-refractivity contribution in [3.05, 3.63) is 0 Å². The molecule has 3 heteroatoms. The lowest BCUT2D eigenvalue weighted by atomic mass is 10.1. The van der Waals surface area contributed by atoms with E-state index < -0.39 is 0 Å². The van der Waals surface area contributed by atoms with Gasteiger partial charge in [-0.1, -0.05) is 46.5 Å². The zero-order chi connectivity index (χ0) is 13.5. The second-order valence-electron chi connectivity index (χ2n) is 6.07. The van der Waals surface area contributed by atoms with Crippen LogP contribution in [0.25, 0.3) is 0 Å². The molecule has 0 saturated heterocycles. The normalized spacial score (nSPS) is 18.3. The third-order valence-corrected chi connectivity index (χ3v) is 3.80. The second-order valence-corrected chi connectivity index (χ2v) is 6.07. The first kappa shape index (κ1) is 15.5. The fraction of sp³-hybridized carbons (Fsp3) is 0.933. The lowest BCUT2D eigenvalue weighted by molar-refractivity contribution is -0.135. The molecule has 0 bridgehead atoms. The largest absolute Gasteiger partial charge is 0.338 e. The molecule has 0 aliphatic heterocycles. The molecule has 0 aromatic heterocycles. The SMILES string of the molecule is CCCCC(N)C(=O)N(CC(C)C)C1CCCC1. The van der Waals surface area contributed by atoms with Crippen LogP contribution in [0.3, 0.4) is 0 Å². The number of carbonyl (C=O) groups excluding carboxylic acids is 1. The molecule has 1 aliphatic rings. The van der Waals surface area contributed by atoms with Gasteiger partial charge in [-0.15, -0.1) is 0 Å². The van der Waals surface area contributed by atoms with Gasteiger partial charge in [0.2, 0.25) is 5.91 Å². The van der Waals surface area contributed by atoms with Gasteiger partial charge in [-0.05, 0) is 25.2 Å². The molecule has 0 heterocycles. The molecule has 1 unspecified atom stereocenters. The van der Waals surface area contributed by atoms with Crippen molar-refractivity contribution in [2.75, 3.05) is 6.54 Å². The predicted octanol–water partition coefficient (Wildman–Crippen LogP) is 2.93. The average Bonchev–Trinajstić information content (AvgIpc) is 2.85. The summed E-state index contributed by atoms with van der Waals surface area (Å²) in [6.07, 6.45) is 7.84. The molecule has 0 aromatic rings. The third-order valence-electron chi connectivity index (χ3n) is 3.80. The molecule has 1 amide bonds. The highest BCUT2D eigenvalue weighted by Gasteiger charge is 2.29. The Morgan fingerprint density at radius 3 is 2.44 bits per heavy atom. The monoisotopic (exact) mass is 254 g/mol. The maximum atomic E-state index is 12.5. The fourth-order valence-electron chi connectivity index (χ4n) is 2.79. The predicted molar refractivity (Wildman–Crippen MR) is 76.3 cm³/mol. The standard InChI is InChI=1S/C15H30N2O/c1-4-5-10-14(16)15(18)17(11-12(2)3)13-8-6-7-9-13/h12-14H,4-11,16H2,1-3H3. The second kappa shape index (κ2) is 7.78. The van der Waals surface area contributed by atoms with Crippen LogP contribution in [0.15, 0.2) is 0 Å². The zero-order valence-corrected chi connectivity index (χ0v) is 12.3. The van der Waals surface area contributed by atoms with E-state index in [2.05, 4.69) is 25.7 Å². The van der Waals surface area contributed by atoms with Gasteiger partial charge in [-0.25, -0.2) is 0 Å². The lowest BCUT2D eigenvalue weighted by Crippen LogP contribution is -2.49. The molecule has 1 saturated carbocycles. The summed E-state index contributed by atoms with van der Waals surface area (Å²) >= 11 is 0. The highest BCUT2D eigenvalue weighted by atomic mass is 16.2. The van der Waals surface area contributed by atoms with Crippen LogP contribution in [0, 0.1) is 5.92 Å². The summed E-state index contributed by atoms with van der Waals surface area (Å²) in [7, 11) is 0. The maximum absolute atomic E-state index is 12.5. The fourth-order valence-corrected chi connectivity index (χ4v) is 2.79. The topological polar surface area (TPSA) is 46.3 Å². The molecule has 2 N–H and O–H groups in total. The van der Waals surface area contributed by atoms with Gasteiger partial charge in [0.15, 0.2) is 0 Å². The number of hydrogen-bond acceptors (Lipinski definition) is 2. The van der Waals surface area contributed by atoms with Crippen LogP contribution in [0.4, 0.5) is 0 Å². The van der Waals surface area contributed by atoms with E-state index in [4.69, 9.17) is 5.73 Å². The Kier molecular flexibility index (Phi) is 6.69. The Morgan fingerprint density at radius 2 is 1.94 bits per heavy atom. The van der Waals surface area contributed by atoms with Crippen molar-refractivity contribution < 1.29 is 4.79 Å². The summed E-state index contributed by atoms with van der Waals surface area (Å²) in [5.41, 5.74) is 6.06. The summed E-state index contributed by atoms with van der Waals surface area (Å²) in [5.74, 6) is 0.706. The molecular weight excluding hydrogens is 224 g/mol. The molecular formula is C15H30N2O. The van der Waals surface area contributed by atoms with Crippen molar-refractivity contribution >= 4 is 5.91 Å². The van der Waals surface area contributed by atoms with Crippen molar-refractivity contribution in [3.8, 4) is 0 Å². The average molecular weight is 254 g/mol. The van der Waals surface area contributed by atoms with Gasteiger partial charge < -0.3 is 10.6 Å². The first-order chi connectivity index (χ1) is 8.56. The quantitative estimate of drug-likeness (QED) is 0.759. The number of amides is 1. The van der Waals surface area contributed by atoms with Crippen LogP contribution >= 0.6 is 0 Å². The summed E-state index contributed by atoms with van der Waals surface area (Å²) in [6, 6.07) is 0.164. The minimum atomic E-state index is -0.288. The minimum absolute atomic E-state index is 0.184. The molecule has 1 atom stereocenters. The Labute approximate surface area is 112 Å². The van der Waals surface area contributed by atoms with Gasteiger partial charge >= 0.3 is 0 Å². The van der Waals surface area contributed by atoms with Gasteiger partial charge in [0.1, 0.15) is 0 Å². The highest BCUT2D eigenvalue weighted by molar-refractivity contribution is 5.82. The van der Waals surface area contributed by atoms with Crippen molar-refractivity contribution in [1.29, 1.82) is 0 Å². The molecule has 1 aliphatic carbocycles. The molecule has 18 heavy (non-hydrogen) atoms. The van der Waals surface area contributed by atoms with Crippen LogP contribution in [-0.4, -0.2) is 29.4 Å². The lowest BCUT2D eigenvalue weighted by Gasteiger charge is -2.32. The number of nitrogens with zero attached hydrogens (tertiary/aromatic N) is 1. The Morgan fingerprint density at radius 1 is 1.33 bits per heavy atom. The highest BCUT2D eigenvalue weighted by Crippen LogP contribution is 2.25. The summed E-state index contributed by atoms with van der Waals surface area (Å²) in [4.78, 5) is 14.6. The van der Waals surface area contributed by atoms with E-state index in [0.29, 0.717) is 12.0 Å². The van der Waals surface area contributed by atoms with E-state index in [0.717, 1.165) is 25.8 Å². The Balaban J connectivity index is 2.59. The van der Waals surface area contributed by atoms with Crippen molar-refractivity contribution in [2.24, 2.45) is 11.7 Å². The number of hydrogen-bond donors (Lipinski definition) is 1. The van der Waals surface area contributed by atoms with Gasteiger partial charge in [0.05, 0.1) is 6.04 Å². The number of rotatable bonds is 7. The van der Waals surface area contributed by atoms with Crippen LogP contribution < -0.4 is 5.73 Å². The van der Waals surface area contributed by atoms with Gasteiger partial charge in [0.25, 0.3) is 0 Å². The molecule has 0 aromatic carbocycles. The van der Waals surface area contributed by atoms with Gasteiger partial charge in [-0.3, -0.25) is 4.79 Å². The molecule has 1 rings (SSSR count). The van der Waals surface area contributed by atoms with Gasteiger partial charge in [0, 0.05) is 12.6 Å². The smallest absolute Gasteiger partial charge is 0.239 e. The zero-order valence-electron chi connectivity index (χ0n) is 12.3. The Hall–Kier alpha value is -0.570. The van der Waals surface area contributed by atoms with E-state index in [1.165, 1.54) is 25.7 Å². The third kappa shape index (κ3) is 4.60. The van der Waals surface area contributed by atoms with E-state index in [1.807, 2.05) is 0 Å². The van der Waals surface area contributed by atoms with E-state index in [9.17, 15) is 4.79 Å². The maximum Gasteiger partial charge on any atom is 0.239 e. The van der Waals surface area contributed by atoms with E-state index in [-0.39, 0.29) is 11.9 Å². The van der Waals surface area contributed by atoms with Crippen molar-refractivity contribution in [3.63, 3.8) is 0 Å². The first-order valence-corrected chi connectivity index (χ1v) is 7.62. The number of nitrogens with two attached hydrogens (primary N) is 1. The van der Waals surface area contributed by atoms with Crippen molar-refractivity contribution in [2.45, 2.75) is 77.8 Å². The molecule has 1 fully saturated rings. The number of unbranched alkanes of at least 4 members (excludes halogenated alkanes) is 1. The van der Waals surface area contributed by atoms with E-state index >= 15 is 0 Å². The number of carbonyl (C=O) groups is 1.